The summed E-state index contributed by atoms with van der Waals surface area (Å²) in [5.74, 6) is 2.29. The van der Waals surface area contributed by atoms with E-state index in [4.69, 9.17) is 0 Å². The molecule has 0 spiro atoms. The Morgan fingerprint density at radius 2 is 2.11 bits per heavy atom. The lowest BCUT2D eigenvalue weighted by molar-refractivity contribution is -0.117. The highest BCUT2D eigenvalue weighted by molar-refractivity contribution is 5.75. The summed E-state index contributed by atoms with van der Waals surface area (Å²) in [4.78, 5) is 11.0. The molecular formula is C17H30O2. The van der Waals surface area contributed by atoms with Crippen LogP contribution in [-0.4, -0.2) is 17.0 Å². The molecule has 0 saturated heterocycles. The van der Waals surface area contributed by atoms with Crippen molar-refractivity contribution in [2.45, 2.75) is 78.2 Å². The third-order valence-electron chi connectivity index (χ3n) is 6.04. The number of Topliss-reactive ketones (excluding diaryl/α,β-unsaturated/α-hetero) is 1. The van der Waals surface area contributed by atoms with Gasteiger partial charge in [-0.3, -0.25) is 0 Å². The number of fused-ring (bicyclic) bond motifs is 1. The molecule has 110 valence electrons. The molecule has 0 heterocycles. The van der Waals surface area contributed by atoms with Crippen molar-refractivity contribution in [2.24, 2.45) is 23.2 Å². The Labute approximate surface area is 118 Å². The Bertz CT molecular complexity index is 325. The maximum atomic E-state index is 11.0. The Kier molecular flexibility index (Phi) is 4.70. The Morgan fingerprint density at radius 1 is 1.37 bits per heavy atom. The Balaban J connectivity index is 1.94. The quantitative estimate of drug-likeness (QED) is 0.818. The van der Waals surface area contributed by atoms with E-state index in [-0.39, 0.29) is 6.10 Å². The van der Waals surface area contributed by atoms with Crippen molar-refractivity contribution in [3.63, 3.8) is 0 Å². The summed E-state index contributed by atoms with van der Waals surface area (Å²) in [6, 6.07) is 0. The van der Waals surface area contributed by atoms with Crippen LogP contribution in [0, 0.1) is 23.2 Å². The van der Waals surface area contributed by atoms with Crippen LogP contribution in [0.5, 0.6) is 0 Å². The van der Waals surface area contributed by atoms with Crippen LogP contribution in [0.1, 0.15) is 72.1 Å². The van der Waals surface area contributed by atoms with Gasteiger partial charge in [-0.2, -0.15) is 0 Å². The number of ketones is 1. The first kappa shape index (κ1) is 15.0. The number of hydrogen-bond donors (Lipinski definition) is 1. The predicted octanol–water partition coefficient (Wildman–Crippen LogP) is 3.96. The van der Waals surface area contributed by atoms with Gasteiger partial charge in [0.05, 0.1) is 6.10 Å². The molecule has 2 heteroatoms. The Morgan fingerprint density at radius 3 is 2.79 bits per heavy atom. The molecule has 5 atom stereocenters. The van der Waals surface area contributed by atoms with Crippen LogP contribution in [-0.2, 0) is 4.79 Å². The van der Waals surface area contributed by atoms with E-state index in [1.54, 1.807) is 6.92 Å². The zero-order valence-corrected chi connectivity index (χ0v) is 12.8. The topological polar surface area (TPSA) is 37.3 Å². The molecule has 2 saturated carbocycles. The predicted molar refractivity (Wildman–Crippen MR) is 77.9 cm³/mol. The van der Waals surface area contributed by atoms with E-state index in [1.165, 1.54) is 32.1 Å². The van der Waals surface area contributed by atoms with Gasteiger partial charge in [0.25, 0.3) is 0 Å². The van der Waals surface area contributed by atoms with Crippen LogP contribution in [0.25, 0.3) is 0 Å². The SMILES string of the molecule is CC(=O)CCC[C@@H](C)C1CCC2[C@@H](O)CCC[C@]12C. The van der Waals surface area contributed by atoms with Crippen LogP contribution in [0.4, 0.5) is 0 Å². The fourth-order valence-corrected chi connectivity index (χ4v) is 5.00. The van der Waals surface area contributed by atoms with Crippen molar-refractivity contribution in [3.8, 4) is 0 Å². The molecule has 2 unspecified atom stereocenters. The van der Waals surface area contributed by atoms with Crippen molar-refractivity contribution in [2.75, 3.05) is 0 Å². The minimum Gasteiger partial charge on any atom is -0.393 e. The van der Waals surface area contributed by atoms with Crippen molar-refractivity contribution < 1.29 is 9.90 Å². The van der Waals surface area contributed by atoms with Crippen molar-refractivity contribution in [3.05, 3.63) is 0 Å². The Hall–Kier alpha value is -0.370. The van der Waals surface area contributed by atoms with Crippen molar-refractivity contribution >= 4 is 5.78 Å². The third kappa shape index (κ3) is 3.04. The average Bonchev–Trinajstić information content (AvgIpc) is 2.67. The van der Waals surface area contributed by atoms with Gasteiger partial charge in [0.1, 0.15) is 5.78 Å². The number of carbonyl (C=O) groups excluding carboxylic acids is 1. The molecule has 19 heavy (non-hydrogen) atoms. The molecule has 2 aliphatic carbocycles. The molecule has 0 radical (unpaired) electrons. The number of hydrogen-bond acceptors (Lipinski definition) is 2. The number of carbonyl (C=O) groups is 1. The molecule has 0 bridgehead atoms. The molecule has 0 aliphatic heterocycles. The molecule has 0 amide bonds. The minimum absolute atomic E-state index is 0.0619. The smallest absolute Gasteiger partial charge is 0.129 e. The van der Waals surface area contributed by atoms with Gasteiger partial charge < -0.3 is 9.90 Å². The largest absolute Gasteiger partial charge is 0.393 e. The van der Waals surface area contributed by atoms with E-state index in [9.17, 15) is 9.90 Å². The van der Waals surface area contributed by atoms with Crippen LogP contribution in [0.3, 0.4) is 0 Å². The summed E-state index contributed by atoms with van der Waals surface area (Å²) in [7, 11) is 0. The monoisotopic (exact) mass is 266 g/mol. The molecular weight excluding hydrogens is 236 g/mol. The summed E-state index contributed by atoms with van der Waals surface area (Å²) < 4.78 is 0. The molecule has 0 aromatic rings. The molecule has 2 nitrogen and oxygen atoms in total. The molecule has 1 N–H and O–H groups in total. The van der Waals surface area contributed by atoms with Gasteiger partial charge in [0.2, 0.25) is 0 Å². The van der Waals surface area contributed by atoms with Gasteiger partial charge in [-0.1, -0.05) is 26.7 Å². The number of aliphatic hydroxyl groups excluding tert-OH is 1. The van der Waals surface area contributed by atoms with Gasteiger partial charge in [-0.25, -0.2) is 0 Å². The van der Waals surface area contributed by atoms with Gasteiger partial charge in [-0.15, -0.1) is 0 Å². The van der Waals surface area contributed by atoms with Gasteiger partial charge in [0.15, 0.2) is 0 Å². The van der Waals surface area contributed by atoms with Crippen LogP contribution >= 0.6 is 0 Å². The normalized spacial score (nSPS) is 39.9. The average molecular weight is 266 g/mol. The summed E-state index contributed by atoms with van der Waals surface area (Å²) >= 11 is 0. The van der Waals surface area contributed by atoms with E-state index >= 15 is 0 Å². The second-order valence-corrected chi connectivity index (χ2v) is 7.33. The van der Waals surface area contributed by atoms with Crippen molar-refractivity contribution in [1.82, 2.24) is 0 Å². The second-order valence-electron chi connectivity index (χ2n) is 7.33. The fourth-order valence-electron chi connectivity index (χ4n) is 5.00. The summed E-state index contributed by atoms with van der Waals surface area (Å²) in [6.07, 6.45) is 8.85. The van der Waals surface area contributed by atoms with E-state index in [2.05, 4.69) is 13.8 Å². The first-order valence-corrected chi connectivity index (χ1v) is 8.12. The lowest BCUT2D eigenvalue weighted by Gasteiger charge is -2.45. The number of aliphatic hydroxyl groups is 1. The molecule has 0 aromatic carbocycles. The molecule has 0 aromatic heterocycles. The van der Waals surface area contributed by atoms with Gasteiger partial charge in [-0.05, 0) is 62.2 Å². The summed E-state index contributed by atoms with van der Waals surface area (Å²) in [6.45, 7) is 6.47. The second kappa shape index (κ2) is 5.95. The van der Waals surface area contributed by atoms with Crippen LogP contribution in [0.2, 0.25) is 0 Å². The highest BCUT2D eigenvalue weighted by Gasteiger charge is 2.51. The summed E-state index contributed by atoms with van der Waals surface area (Å²) in [5, 5.41) is 10.2. The first-order valence-electron chi connectivity index (χ1n) is 8.12. The molecule has 2 rings (SSSR count). The van der Waals surface area contributed by atoms with E-state index in [1.807, 2.05) is 0 Å². The fraction of sp³-hybridized carbons (Fsp3) is 0.941. The zero-order chi connectivity index (χ0) is 14.0. The third-order valence-corrected chi connectivity index (χ3v) is 6.04. The lowest BCUT2D eigenvalue weighted by atomic mass is 9.61. The van der Waals surface area contributed by atoms with E-state index in [0.717, 1.165) is 25.2 Å². The zero-order valence-electron chi connectivity index (χ0n) is 12.8. The summed E-state index contributed by atoms with van der Waals surface area (Å²) in [5.41, 5.74) is 0.354. The molecule has 2 fully saturated rings. The molecule has 2 aliphatic rings. The van der Waals surface area contributed by atoms with Gasteiger partial charge in [0, 0.05) is 6.42 Å². The maximum Gasteiger partial charge on any atom is 0.129 e. The maximum absolute atomic E-state index is 11.0. The van der Waals surface area contributed by atoms with Crippen LogP contribution < -0.4 is 0 Å². The highest BCUT2D eigenvalue weighted by atomic mass is 16.3. The van der Waals surface area contributed by atoms with Crippen molar-refractivity contribution in [1.29, 1.82) is 0 Å². The van der Waals surface area contributed by atoms with Gasteiger partial charge >= 0.3 is 0 Å². The van der Waals surface area contributed by atoms with Crippen LogP contribution in [0.15, 0.2) is 0 Å². The van der Waals surface area contributed by atoms with E-state index < -0.39 is 0 Å². The lowest BCUT2D eigenvalue weighted by Crippen LogP contribution is -2.41. The van der Waals surface area contributed by atoms with E-state index in [0.29, 0.717) is 23.0 Å². The standard InChI is InChI=1S/C17H30O2/c1-12(6-4-7-13(2)18)14-9-10-15-16(19)8-5-11-17(14,15)3/h12,14-16,19H,4-11H2,1-3H3/t12-,14?,15?,16+,17-/m1/s1. The first-order chi connectivity index (χ1) is 8.95. The highest BCUT2D eigenvalue weighted by Crippen LogP contribution is 2.58. The number of rotatable bonds is 5. The minimum atomic E-state index is -0.0619.